The van der Waals surface area contributed by atoms with Crippen molar-refractivity contribution in [2.24, 2.45) is 0 Å². The number of carbonyl (C=O) groups excluding carboxylic acids is 1. The zero-order chi connectivity index (χ0) is 20.1. The van der Waals surface area contributed by atoms with Gasteiger partial charge in [-0.05, 0) is 43.2 Å². The van der Waals surface area contributed by atoms with E-state index in [4.69, 9.17) is 11.6 Å². The number of benzene rings is 2. The highest BCUT2D eigenvalue weighted by Crippen LogP contribution is 2.23. The SMILES string of the molecule is CCCNC(=O)[C@H](C)Sc1nc2ccccc2c(=O)n1Cc1ccc(Cl)cc1. The van der Waals surface area contributed by atoms with Gasteiger partial charge in [-0.3, -0.25) is 14.2 Å². The summed E-state index contributed by atoms with van der Waals surface area (Å²) in [4.78, 5) is 30.1. The maximum Gasteiger partial charge on any atom is 0.262 e. The zero-order valence-corrected chi connectivity index (χ0v) is 17.4. The van der Waals surface area contributed by atoms with E-state index in [0.29, 0.717) is 34.2 Å². The molecule has 0 fully saturated rings. The van der Waals surface area contributed by atoms with Crippen LogP contribution in [0.3, 0.4) is 0 Å². The summed E-state index contributed by atoms with van der Waals surface area (Å²) in [7, 11) is 0. The van der Waals surface area contributed by atoms with Gasteiger partial charge in [0.1, 0.15) is 0 Å². The molecule has 1 amide bonds. The Labute approximate surface area is 173 Å². The standard InChI is InChI=1S/C21H22ClN3O2S/c1-3-12-23-19(26)14(2)28-21-24-18-7-5-4-6-17(18)20(27)25(21)13-15-8-10-16(22)11-9-15/h4-11,14H,3,12-13H2,1-2H3,(H,23,26)/t14-/m0/s1. The molecule has 0 aliphatic carbocycles. The summed E-state index contributed by atoms with van der Waals surface area (Å²) in [6.07, 6.45) is 0.874. The predicted molar refractivity (Wildman–Crippen MR) is 115 cm³/mol. The van der Waals surface area contributed by atoms with Crippen LogP contribution < -0.4 is 10.9 Å². The fraction of sp³-hybridized carbons (Fsp3) is 0.286. The number of nitrogens with one attached hydrogen (secondary N) is 1. The molecule has 5 nitrogen and oxygen atoms in total. The van der Waals surface area contributed by atoms with Gasteiger partial charge in [0.05, 0.1) is 22.7 Å². The van der Waals surface area contributed by atoms with Gasteiger partial charge in [-0.25, -0.2) is 4.98 Å². The van der Waals surface area contributed by atoms with E-state index < -0.39 is 0 Å². The van der Waals surface area contributed by atoms with Crippen molar-refractivity contribution in [2.75, 3.05) is 6.54 Å². The molecular weight excluding hydrogens is 394 g/mol. The highest BCUT2D eigenvalue weighted by atomic mass is 35.5. The molecule has 1 aromatic heterocycles. The highest BCUT2D eigenvalue weighted by Gasteiger charge is 2.19. The van der Waals surface area contributed by atoms with Crippen LogP contribution in [0.25, 0.3) is 10.9 Å². The summed E-state index contributed by atoms with van der Waals surface area (Å²) >= 11 is 7.27. The molecule has 7 heteroatoms. The van der Waals surface area contributed by atoms with E-state index in [-0.39, 0.29) is 16.7 Å². The van der Waals surface area contributed by atoms with E-state index in [1.54, 1.807) is 22.8 Å². The Bertz CT molecular complexity index is 1030. The molecule has 28 heavy (non-hydrogen) atoms. The molecule has 3 rings (SSSR count). The van der Waals surface area contributed by atoms with Crippen molar-refractivity contribution in [2.45, 2.75) is 37.2 Å². The van der Waals surface area contributed by atoms with Gasteiger partial charge in [0.15, 0.2) is 5.16 Å². The van der Waals surface area contributed by atoms with Crippen LogP contribution in [0.15, 0.2) is 58.5 Å². The molecule has 1 heterocycles. The number of rotatable bonds is 7. The van der Waals surface area contributed by atoms with Crippen LogP contribution in [0.1, 0.15) is 25.8 Å². The van der Waals surface area contributed by atoms with Crippen molar-refractivity contribution >= 4 is 40.2 Å². The highest BCUT2D eigenvalue weighted by molar-refractivity contribution is 8.00. The number of hydrogen-bond donors (Lipinski definition) is 1. The molecule has 0 saturated carbocycles. The first-order chi connectivity index (χ1) is 13.5. The number of fused-ring (bicyclic) bond motifs is 1. The van der Waals surface area contributed by atoms with Gasteiger partial charge in [0, 0.05) is 11.6 Å². The minimum absolute atomic E-state index is 0.0627. The normalized spacial score (nSPS) is 12.1. The Morgan fingerprint density at radius 2 is 1.93 bits per heavy atom. The minimum atomic E-state index is -0.365. The van der Waals surface area contributed by atoms with E-state index in [0.717, 1.165) is 12.0 Å². The largest absolute Gasteiger partial charge is 0.355 e. The second-order valence-electron chi connectivity index (χ2n) is 6.48. The topological polar surface area (TPSA) is 64.0 Å². The van der Waals surface area contributed by atoms with Crippen molar-refractivity contribution in [1.82, 2.24) is 14.9 Å². The summed E-state index contributed by atoms with van der Waals surface area (Å²) in [5.41, 5.74) is 1.45. The van der Waals surface area contributed by atoms with E-state index in [9.17, 15) is 9.59 Å². The Hall–Kier alpha value is -2.31. The second-order valence-corrected chi connectivity index (χ2v) is 8.22. The summed E-state index contributed by atoms with van der Waals surface area (Å²) in [5.74, 6) is -0.0627. The molecule has 0 saturated heterocycles. The predicted octanol–water partition coefficient (Wildman–Crippen LogP) is 4.11. The van der Waals surface area contributed by atoms with Crippen molar-refractivity contribution in [3.8, 4) is 0 Å². The fourth-order valence-corrected chi connectivity index (χ4v) is 3.81. The average molecular weight is 416 g/mol. The lowest BCUT2D eigenvalue weighted by atomic mass is 10.2. The second kappa shape index (κ2) is 9.26. The molecule has 2 aromatic carbocycles. The molecule has 0 bridgehead atoms. The molecule has 146 valence electrons. The van der Waals surface area contributed by atoms with Crippen LogP contribution in [-0.4, -0.2) is 27.3 Å². The average Bonchev–Trinajstić information content (AvgIpc) is 2.70. The molecule has 0 aliphatic rings. The van der Waals surface area contributed by atoms with Crippen LogP contribution in [0.4, 0.5) is 0 Å². The molecule has 1 atom stereocenters. The van der Waals surface area contributed by atoms with E-state index in [2.05, 4.69) is 10.3 Å². The van der Waals surface area contributed by atoms with Crippen LogP contribution in [0.2, 0.25) is 5.02 Å². The first kappa shape index (κ1) is 20.4. The third-order valence-corrected chi connectivity index (χ3v) is 5.62. The van der Waals surface area contributed by atoms with Gasteiger partial charge < -0.3 is 5.32 Å². The smallest absolute Gasteiger partial charge is 0.262 e. The number of aromatic nitrogens is 2. The summed E-state index contributed by atoms with van der Waals surface area (Å²) in [5, 5.41) is 4.25. The maximum absolute atomic E-state index is 13.1. The first-order valence-electron chi connectivity index (χ1n) is 9.18. The lowest BCUT2D eigenvalue weighted by Gasteiger charge is -2.16. The van der Waals surface area contributed by atoms with Crippen LogP contribution >= 0.6 is 23.4 Å². The van der Waals surface area contributed by atoms with Crippen molar-refractivity contribution < 1.29 is 4.79 Å². The van der Waals surface area contributed by atoms with Gasteiger partial charge in [-0.1, -0.05) is 54.6 Å². The number of thioether (sulfide) groups is 1. The summed E-state index contributed by atoms with van der Waals surface area (Å²) in [6, 6.07) is 14.6. The number of para-hydroxylation sites is 1. The lowest BCUT2D eigenvalue weighted by molar-refractivity contribution is -0.120. The van der Waals surface area contributed by atoms with Gasteiger partial charge in [-0.15, -0.1) is 0 Å². The molecule has 1 N–H and O–H groups in total. The first-order valence-corrected chi connectivity index (χ1v) is 10.4. The quantitative estimate of drug-likeness (QED) is 0.466. The van der Waals surface area contributed by atoms with E-state index in [1.807, 2.05) is 44.2 Å². The number of carbonyl (C=O) groups is 1. The maximum atomic E-state index is 13.1. The number of nitrogens with zero attached hydrogens (tertiary/aromatic N) is 2. The third kappa shape index (κ3) is 4.75. The monoisotopic (exact) mass is 415 g/mol. The molecule has 0 spiro atoms. The Kier molecular flexibility index (Phi) is 6.75. The van der Waals surface area contributed by atoms with Gasteiger partial charge in [-0.2, -0.15) is 0 Å². The molecule has 0 aliphatic heterocycles. The third-order valence-electron chi connectivity index (χ3n) is 4.28. The number of hydrogen-bond acceptors (Lipinski definition) is 4. The zero-order valence-electron chi connectivity index (χ0n) is 15.8. The van der Waals surface area contributed by atoms with E-state index >= 15 is 0 Å². The number of amides is 1. The fourth-order valence-electron chi connectivity index (χ4n) is 2.75. The van der Waals surface area contributed by atoms with Gasteiger partial charge in [0.2, 0.25) is 5.91 Å². The lowest BCUT2D eigenvalue weighted by Crippen LogP contribution is -2.32. The van der Waals surface area contributed by atoms with Gasteiger partial charge in [0.25, 0.3) is 5.56 Å². The minimum Gasteiger partial charge on any atom is -0.355 e. The molecule has 0 radical (unpaired) electrons. The van der Waals surface area contributed by atoms with Crippen molar-refractivity contribution in [1.29, 1.82) is 0 Å². The Balaban J connectivity index is 2.00. The van der Waals surface area contributed by atoms with E-state index in [1.165, 1.54) is 11.8 Å². The van der Waals surface area contributed by atoms with Crippen LogP contribution in [0, 0.1) is 0 Å². The Morgan fingerprint density at radius 1 is 1.21 bits per heavy atom. The molecular formula is C21H22ClN3O2S. The molecule has 0 unspecified atom stereocenters. The molecule has 3 aromatic rings. The van der Waals surface area contributed by atoms with Gasteiger partial charge >= 0.3 is 0 Å². The van der Waals surface area contributed by atoms with Crippen LogP contribution in [-0.2, 0) is 11.3 Å². The Morgan fingerprint density at radius 3 is 2.64 bits per heavy atom. The summed E-state index contributed by atoms with van der Waals surface area (Å²) in [6.45, 7) is 4.82. The summed E-state index contributed by atoms with van der Waals surface area (Å²) < 4.78 is 1.62. The van der Waals surface area contributed by atoms with Crippen molar-refractivity contribution in [3.05, 3.63) is 69.5 Å². The van der Waals surface area contributed by atoms with Crippen molar-refractivity contribution in [3.63, 3.8) is 0 Å². The number of halogens is 1. The van der Waals surface area contributed by atoms with Crippen LogP contribution in [0.5, 0.6) is 0 Å².